The standard InChI is InChI=1S/C28H46N4O6/c1-17(2)21(16-19(5)27(37)38-32-22(33)13-14-23(32)34)30(9)26(36)24(28(6,7)8)29-25(35)20-12-10-11-15-31(20)18(3)4/h16-18,20-21,24H,10-15H2,1-9H3,(H,29,35)/b19-16+/t20-,21-,24?/m1/s1. The third kappa shape index (κ3) is 7.65. The molecule has 0 aromatic carbocycles. The van der Waals surface area contributed by atoms with E-state index in [4.69, 9.17) is 4.84 Å². The Morgan fingerprint density at radius 1 is 1.05 bits per heavy atom. The summed E-state index contributed by atoms with van der Waals surface area (Å²) in [5.41, 5.74) is -0.393. The van der Waals surface area contributed by atoms with Crippen molar-refractivity contribution in [2.75, 3.05) is 13.6 Å². The Balaban J connectivity index is 2.23. The van der Waals surface area contributed by atoms with E-state index in [1.807, 2.05) is 34.6 Å². The third-order valence-electron chi connectivity index (χ3n) is 7.31. The molecule has 0 aromatic heterocycles. The number of hydrogen-bond donors (Lipinski definition) is 1. The fourth-order valence-corrected chi connectivity index (χ4v) is 4.98. The minimum absolute atomic E-state index is 0.0103. The average molecular weight is 535 g/mol. The highest BCUT2D eigenvalue weighted by Gasteiger charge is 2.40. The second-order valence-electron chi connectivity index (χ2n) is 12.1. The van der Waals surface area contributed by atoms with Crippen LogP contribution in [0.5, 0.6) is 0 Å². The van der Waals surface area contributed by atoms with Gasteiger partial charge in [-0.1, -0.05) is 47.1 Å². The Morgan fingerprint density at radius 2 is 1.63 bits per heavy atom. The lowest BCUT2D eigenvalue weighted by molar-refractivity contribution is -0.194. The first-order valence-corrected chi connectivity index (χ1v) is 13.7. The Morgan fingerprint density at radius 3 is 2.13 bits per heavy atom. The molecular formula is C28H46N4O6. The Bertz CT molecular complexity index is 935. The van der Waals surface area contributed by atoms with E-state index in [-0.39, 0.29) is 48.2 Å². The quantitative estimate of drug-likeness (QED) is 0.357. The first-order chi connectivity index (χ1) is 17.6. The summed E-state index contributed by atoms with van der Waals surface area (Å²) < 4.78 is 0. The largest absolute Gasteiger partial charge is 0.359 e. The summed E-state index contributed by atoms with van der Waals surface area (Å²) in [6.45, 7) is 16.1. The molecule has 4 amide bonds. The summed E-state index contributed by atoms with van der Waals surface area (Å²) in [7, 11) is 1.65. The van der Waals surface area contributed by atoms with Gasteiger partial charge in [-0.25, -0.2) is 4.79 Å². The maximum atomic E-state index is 13.8. The van der Waals surface area contributed by atoms with E-state index in [0.717, 1.165) is 25.8 Å². The topological polar surface area (TPSA) is 116 Å². The number of hydroxylamine groups is 2. The molecule has 2 fully saturated rings. The van der Waals surface area contributed by atoms with Gasteiger partial charge in [0.2, 0.25) is 11.8 Å². The van der Waals surface area contributed by atoms with E-state index in [0.29, 0.717) is 5.06 Å². The number of piperidine rings is 1. The van der Waals surface area contributed by atoms with Gasteiger partial charge in [-0.3, -0.25) is 24.1 Å². The highest BCUT2D eigenvalue weighted by Crippen LogP contribution is 2.26. The second kappa shape index (κ2) is 12.9. The molecule has 2 aliphatic heterocycles. The van der Waals surface area contributed by atoms with Gasteiger partial charge in [0, 0.05) is 31.5 Å². The molecule has 3 atom stereocenters. The van der Waals surface area contributed by atoms with Gasteiger partial charge in [0.25, 0.3) is 11.8 Å². The van der Waals surface area contributed by atoms with Crippen LogP contribution in [0.4, 0.5) is 0 Å². The van der Waals surface area contributed by atoms with Crippen LogP contribution in [0.25, 0.3) is 0 Å². The van der Waals surface area contributed by atoms with Crippen molar-refractivity contribution in [3.63, 3.8) is 0 Å². The fourth-order valence-electron chi connectivity index (χ4n) is 4.98. The summed E-state index contributed by atoms with van der Waals surface area (Å²) in [4.78, 5) is 72.3. The van der Waals surface area contributed by atoms with Gasteiger partial charge in [-0.15, -0.1) is 5.06 Å². The van der Waals surface area contributed by atoms with E-state index in [1.54, 1.807) is 18.0 Å². The van der Waals surface area contributed by atoms with E-state index in [2.05, 4.69) is 24.1 Å². The molecule has 38 heavy (non-hydrogen) atoms. The zero-order valence-electron chi connectivity index (χ0n) is 24.5. The van der Waals surface area contributed by atoms with E-state index >= 15 is 0 Å². The third-order valence-corrected chi connectivity index (χ3v) is 7.31. The van der Waals surface area contributed by atoms with Crippen LogP contribution in [0.2, 0.25) is 0 Å². The van der Waals surface area contributed by atoms with Crippen molar-refractivity contribution >= 4 is 29.6 Å². The predicted octanol–water partition coefficient (Wildman–Crippen LogP) is 2.82. The first-order valence-electron chi connectivity index (χ1n) is 13.7. The Hall–Kier alpha value is -2.75. The van der Waals surface area contributed by atoms with Gasteiger partial charge < -0.3 is 15.1 Å². The first kappa shape index (κ1) is 31.5. The maximum Gasteiger partial charge on any atom is 0.359 e. The Kier molecular flexibility index (Phi) is 10.7. The molecule has 1 N–H and O–H groups in total. The lowest BCUT2D eigenvalue weighted by atomic mass is 9.84. The lowest BCUT2D eigenvalue weighted by Gasteiger charge is -2.41. The second-order valence-corrected chi connectivity index (χ2v) is 12.1. The lowest BCUT2D eigenvalue weighted by Crippen LogP contribution is -2.60. The van der Waals surface area contributed by atoms with Crippen LogP contribution in [0, 0.1) is 11.3 Å². The van der Waals surface area contributed by atoms with Crippen molar-refractivity contribution in [3.8, 4) is 0 Å². The molecule has 0 aromatic rings. The van der Waals surface area contributed by atoms with Crippen LogP contribution < -0.4 is 5.32 Å². The van der Waals surface area contributed by atoms with Crippen LogP contribution in [0.1, 0.15) is 87.5 Å². The van der Waals surface area contributed by atoms with Crippen molar-refractivity contribution in [3.05, 3.63) is 11.6 Å². The summed E-state index contributed by atoms with van der Waals surface area (Å²) in [5, 5.41) is 3.56. The van der Waals surface area contributed by atoms with Crippen molar-refractivity contribution in [2.24, 2.45) is 11.3 Å². The van der Waals surface area contributed by atoms with Crippen LogP contribution in [-0.4, -0.2) is 82.2 Å². The number of carbonyl (C=O) groups excluding carboxylic acids is 5. The number of likely N-dealkylation sites (N-methyl/N-ethyl adjacent to an activating group) is 1. The van der Waals surface area contributed by atoms with Gasteiger partial charge in [0.15, 0.2) is 0 Å². The number of imide groups is 1. The average Bonchev–Trinajstić information content (AvgIpc) is 3.15. The number of amides is 4. The zero-order chi connectivity index (χ0) is 28.9. The monoisotopic (exact) mass is 534 g/mol. The molecule has 10 nitrogen and oxygen atoms in total. The van der Waals surface area contributed by atoms with E-state index in [1.165, 1.54) is 6.92 Å². The molecule has 0 radical (unpaired) electrons. The number of nitrogens with one attached hydrogen (secondary N) is 1. The maximum absolute atomic E-state index is 13.8. The highest BCUT2D eigenvalue weighted by atomic mass is 16.7. The molecule has 1 unspecified atom stereocenters. The summed E-state index contributed by atoms with van der Waals surface area (Å²) in [5.74, 6) is -2.42. The molecule has 2 heterocycles. The molecule has 0 spiro atoms. The van der Waals surface area contributed by atoms with Crippen molar-refractivity contribution in [2.45, 2.75) is 112 Å². The van der Waals surface area contributed by atoms with Crippen LogP contribution in [0.15, 0.2) is 11.6 Å². The minimum Gasteiger partial charge on any atom is -0.342 e. The summed E-state index contributed by atoms with van der Waals surface area (Å²) >= 11 is 0. The number of carbonyl (C=O) groups is 5. The molecule has 0 saturated carbocycles. The number of rotatable bonds is 9. The van der Waals surface area contributed by atoms with Crippen LogP contribution >= 0.6 is 0 Å². The van der Waals surface area contributed by atoms with Gasteiger partial charge in [0.05, 0.1) is 12.1 Å². The number of nitrogens with zero attached hydrogens (tertiary/aromatic N) is 3. The van der Waals surface area contributed by atoms with Gasteiger partial charge in [-0.2, -0.15) is 0 Å². The summed E-state index contributed by atoms with van der Waals surface area (Å²) in [6.07, 6.45) is 4.41. The molecule has 2 aliphatic rings. The van der Waals surface area contributed by atoms with E-state index < -0.39 is 35.3 Å². The van der Waals surface area contributed by atoms with Crippen LogP contribution in [0.3, 0.4) is 0 Å². The van der Waals surface area contributed by atoms with Crippen molar-refractivity contribution in [1.29, 1.82) is 0 Å². The van der Waals surface area contributed by atoms with Crippen molar-refractivity contribution < 1.29 is 28.8 Å². The molecule has 0 aliphatic carbocycles. The predicted molar refractivity (Wildman–Crippen MR) is 143 cm³/mol. The fraction of sp³-hybridized carbons (Fsp3) is 0.750. The van der Waals surface area contributed by atoms with E-state index in [9.17, 15) is 24.0 Å². The molecule has 214 valence electrons. The smallest absolute Gasteiger partial charge is 0.342 e. The van der Waals surface area contributed by atoms with Gasteiger partial charge in [-0.05, 0) is 51.5 Å². The zero-order valence-corrected chi connectivity index (χ0v) is 24.5. The SMILES string of the molecule is C/C(=C\[C@H](C(C)C)N(C)C(=O)C(NC(=O)[C@H]1CCCCN1C(C)C)C(C)(C)C)C(=O)ON1C(=O)CCC1=O. The minimum atomic E-state index is -0.827. The molecule has 2 saturated heterocycles. The summed E-state index contributed by atoms with van der Waals surface area (Å²) in [6, 6.07) is -1.33. The van der Waals surface area contributed by atoms with Crippen LogP contribution in [-0.2, 0) is 28.8 Å². The molecular weight excluding hydrogens is 488 g/mol. The highest BCUT2D eigenvalue weighted by molar-refractivity contribution is 6.02. The molecule has 0 bridgehead atoms. The normalized spacial score (nSPS) is 21.1. The Labute approximate surface area is 227 Å². The number of likely N-dealkylation sites (tertiary alicyclic amines) is 1. The molecule has 2 rings (SSSR count). The number of hydrogen-bond acceptors (Lipinski definition) is 7. The molecule has 10 heteroatoms. The van der Waals surface area contributed by atoms with Gasteiger partial charge >= 0.3 is 5.97 Å². The van der Waals surface area contributed by atoms with Gasteiger partial charge in [0.1, 0.15) is 6.04 Å². The van der Waals surface area contributed by atoms with Crippen molar-refractivity contribution in [1.82, 2.24) is 20.2 Å².